The summed E-state index contributed by atoms with van der Waals surface area (Å²) in [4.78, 5) is 3.16. The molecule has 0 atom stereocenters. The maximum atomic E-state index is 12.1. The van der Waals surface area contributed by atoms with Crippen LogP contribution in [0, 0.1) is 5.82 Å². The molecule has 0 fully saturated rings. The molecule has 0 amide bonds. The third-order valence-electron chi connectivity index (χ3n) is 0.821. The third kappa shape index (κ3) is 1.07. The van der Waals surface area contributed by atoms with E-state index in [2.05, 4.69) is 4.98 Å². The number of hydrogen-bond acceptors (Lipinski definition) is 3. The topological polar surface area (TPSA) is 53.4 Å². The van der Waals surface area contributed by atoms with Crippen molar-refractivity contribution >= 4 is 0 Å². The van der Waals surface area contributed by atoms with Gasteiger partial charge in [0.2, 0.25) is 5.88 Å². The summed E-state index contributed by atoms with van der Waals surface area (Å²) in [6.07, 6.45) is 0.741. The summed E-state index contributed by atoms with van der Waals surface area (Å²) in [5.41, 5.74) is 0. The van der Waals surface area contributed by atoms with Gasteiger partial charge in [0.1, 0.15) is 0 Å². The van der Waals surface area contributed by atoms with E-state index in [4.69, 9.17) is 10.2 Å². The first kappa shape index (κ1) is 5.81. The van der Waals surface area contributed by atoms with Crippen LogP contribution in [0.25, 0.3) is 0 Å². The van der Waals surface area contributed by atoms with E-state index < -0.39 is 17.4 Å². The van der Waals surface area contributed by atoms with E-state index in [-0.39, 0.29) is 0 Å². The van der Waals surface area contributed by atoms with E-state index in [0.717, 1.165) is 12.3 Å². The van der Waals surface area contributed by atoms with Gasteiger partial charge in [-0.1, -0.05) is 0 Å². The first-order chi connectivity index (χ1) is 4.20. The highest BCUT2D eigenvalue weighted by Gasteiger charge is 1.99. The van der Waals surface area contributed by atoms with Crippen LogP contribution in [0.4, 0.5) is 4.39 Å². The fraction of sp³-hybridized carbons (Fsp3) is 0. The molecule has 0 bridgehead atoms. The number of hydrogen-bond donors (Lipinski definition) is 2. The monoisotopic (exact) mass is 129 g/mol. The molecule has 0 radical (unpaired) electrons. The van der Waals surface area contributed by atoms with Crippen molar-refractivity contribution in [3.05, 3.63) is 18.1 Å². The molecule has 4 heteroatoms. The van der Waals surface area contributed by atoms with E-state index >= 15 is 0 Å². The number of rotatable bonds is 0. The summed E-state index contributed by atoms with van der Waals surface area (Å²) < 4.78 is 12.1. The molecule has 0 aliphatic heterocycles. The first-order valence-corrected chi connectivity index (χ1v) is 2.23. The lowest BCUT2D eigenvalue weighted by molar-refractivity contribution is 0.408. The second-order valence-corrected chi connectivity index (χ2v) is 1.49. The van der Waals surface area contributed by atoms with Crippen molar-refractivity contribution < 1.29 is 14.6 Å². The van der Waals surface area contributed by atoms with Gasteiger partial charge in [-0.05, 0) is 0 Å². The Kier molecular flexibility index (Phi) is 1.22. The minimum Gasteiger partial charge on any atom is -0.505 e. The predicted molar refractivity (Wildman–Crippen MR) is 27.5 cm³/mol. The Balaban J connectivity index is 3.17. The highest BCUT2D eigenvalue weighted by atomic mass is 19.1. The Labute approximate surface area is 50.4 Å². The normalized spacial score (nSPS) is 9.44. The van der Waals surface area contributed by atoms with Gasteiger partial charge >= 0.3 is 0 Å². The van der Waals surface area contributed by atoms with Crippen LogP contribution < -0.4 is 0 Å². The minimum absolute atomic E-state index is 0.395. The zero-order valence-corrected chi connectivity index (χ0v) is 4.37. The van der Waals surface area contributed by atoms with Crippen molar-refractivity contribution in [2.75, 3.05) is 0 Å². The van der Waals surface area contributed by atoms with Gasteiger partial charge in [0, 0.05) is 6.07 Å². The van der Waals surface area contributed by atoms with E-state index in [0.29, 0.717) is 0 Å². The molecule has 48 valence electrons. The van der Waals surface area contributed by atoms with Crippen LogP contribution >= 0.6 is 0 Å². The fourth-order valence-corrected chi connectivity index (χ4v) is 0.417. The Morgan fingerprint density at radius 1 is 1.44 bits per heavy atom. The van der Waals surface area contributed by atoms with Crippen molar-refractivity contribution in [3.63, 3.8) is 0 Å². The number of aromatic hydroxyl groups is 2. The molecule has 0 saturated heterocycles. The summed E-state index contributed by atoms with van der Waals surface area (Å²) in [7, 11) is 0. The summed E-state index contributed by atoms with van der Waals surface area (Å²) in [5, 5.41) is 17.0. The molecule has 2 N–H and O–H groups in total. The van der Waals surface area contributed by atoms with Crippen molar-refractivity contribution in [2.24, 2.45) is 0 Å². The van der Waals surface area contributed by atoms with Gasteiger partial charge in [0.25, 0.3) is 0 Å². The fourth-order valence-electron chi connectivity index (χ4n) is 0.417. The van der Waals surface area contributed by atoms with E-state index in [1.807, 2.05) is 0 Å². The van der Waals surface area contributed by atoms with Gasteiger partial charge in [-0.25, -0.2) is 9.37 Å². The van der Waals surface area contributed by atoms with Crippen LogP contribution in [0.2, 0.25) is 0 Å². The lowest BCUT2D eigenvalue weighted by Crippen LogP contribution is -1.78. The third-order valence-corrected chi connectivity index (χ3v) is 0.821. The second-order valence-electron chi connectivity index (χ2n) is 1.49. The predicted octanol–water partition coefficient (Wildman–Crippen LogP) is 0.632. The molecule has 9 heavy (non-hydrogen) atoms. The van der Waals surface area contributed by atoms with E-state index in [9.17, 15) is 4.39 Å². The van der Waals surface area contributed by atoms with E-state index in [1.165, 1.54) is 0 Å². The van der Waals surface area contributed by atoms with Gasteiger partial charge in [0.05, 0.1) is 6.20 Å². The van der Waals surface area contributed by atoms with Gasteiger partial charge in [-0.2, -0.15) is 0 Å². The van der Waals surface area contributed by atoms with Crippen LogP contribution in [0.5, 0.6) is 11.6 Å². The average Bonchev–Trinajstić information content (AvgIpc) is 1.80. The zero-order chi connectivity index (χ0) is 6.85. The number of pyridine rings is 1. The summed E-state index contributed by atoms with van der Waals surface area (Å²) in [6.45, 7) is 0. The SMILES string of the molecule is Oc1cc(O)c(F)cn1. The molecule has 1 rings (SSSR count). The molecule has 3 nitrogen and oxygen atoms in total. The lowest BCUT2D eigenvalue weighted by Gasteiger charge is -1.92. The maximum Gasteiger partial charge on any atom is 0.214 e. The highest BCUT2D eigenvalue weighted by molar-refractivity contribution is 5.25. The molecule has 0 aliphatic rings. The van der Waals surface area contributed by atoms with Crippen molar-refractivity contribution in [1.29, 1.82) is 0 Å². The number of nitrogens with zero attached hydrogens (tertiary/aromatic N) is 1. The van der Waals surface area contributed by atoms with Gasteiger partial charge < -0.3 is 10.2 Å². The molecule has 0 unspecified atom stereocenters. The van der Waals surface area contributed by atoms with Crippen LogP contribution in [0.15, 0.2) is 12.3 Å². The molecule has 0 saturated carbocycles. The molecule has 1 heterocycles. The molecule has 0 spiro atoms. The molecular weight excluding hydrogens is 125 g/mol. The second kappa shape index (κ2) is 1.89. The molecular formula is C5H4FNO2. The van der Waals surface area contributed by atoms with E-state index in [1.54, 1.807) is 0 Å². The molecule has 1 aromatic rings. The standard InChI is InChI=1S/C5H4FNO2/c6-3-2-7-5(9)1-4(3)8/h1-2H,(H2,7,8,9). The first-order valence-electron chi connectivity index (χ1n) is 2.23. The number of aromatic nitrogens is 1. The minimum atomic E-state index is -0.840. The van der Waals surface area contributed by atoms with Gasteiger partial charge in [-0.3, -0.25) is 0 Å². The molecule has 1 aromatic heterocycles. The van der Waals surface area contributed by atoms with Crippen molar-refractivity contribution in [1.82, 2.24) is 4.98 Å². The van der Waals surface area contributed by atoms with Crippen LogP contribution in [-0.4, -0.2) is 15.2 Å². The van der Waals surface area contributed by atoms with Crippen LogP contribution in [-0.2, 0) is 0 Å². The summed E-state index contributed by atoms with van der Waals surface area (Å²) in [5.74, 6) is -1.83. The molecule has 0 aliphatic carbocycles. The van der Waals surface area contributed by atoms with Gasteiger partial charge in [-0.15, -0.1) is 0 Å². The smallest absolute Gasteiger partial charge is 0.214 e. The average molecular weight is 129 g/mol. The van der Waals surface area contributed by atoms with Crippen molar-refractivity contribution in [2.45, 2.75) is 0 Å². The van der Waals surface area contributed by atoms with Crippen molar-refractivity contribution in [3.8, 4) is 11.6 Å². The van der Waals surface area contributed by atoms with Crippen LogP contribution in [0.1, 0.15) is 0 Å². The Bertz CT molecular complexity index is 226. The quantitative estimate of drug-likeness (QED) is 0.540. The molecule has 0 aromatic carbocycles. The Morgan fingerprint density at radius 2 is 2.11 bits per heavy atom. The largest absolute Gasteiger partial charge is 0.505 e. The van der Waals surface area contributed by atoms with Gasteiger partial charge in [0.15, 0.2) is 11.6 Å². The number of halogens is 1. The highest BCUT2D eigenvalue weighted by Crippen LogP contribution is 2.16. The Morgan fingerprint density at radius 3 is 2.56 bits per heavy atom. The summed E-state index contributed by atoms with van der Waals surface area (Å²) in [6, 6.07) is 0.829. The maximum absolute atomic E-state index is 12.1. The Hall–Kier alpha value is -1.32. The van der Waals surface area contributed by atoms with Crippen LogP contribution in [0.3, 0.4) is 0 Å². The summed E-state index contributed by atoms with van der Waals surface area (Å²) >= 11 is 0. The lowest BCUT2D eigenvalue weighted by atomic mass is 10.4. The zero-order valence-electron chi connectivity index (χ0n) is 4.37.